The maximum absolute atomic E-state index is 12.6. The Hall–Kier alpha value is -2.04. The van der Waals surface area contributed by atoms with E-state index in [9.17, 15) is 9.59 Å². The van der Waals surface area contributed by atoms with Crippen molar-refractivity contribution in [2.45, 2.75) is 46.6 Å². The summed E-state index contributed by atoms with van der Waals surface area (Å²) >= 11 is 0. The Morgan fingerprint density at radius 2 is 1.86 bits per heavy atom. The number of Topliss-reactive ketones (excluding diaryl/α,β-unsaturated/α-hetero) is 1. The van der Waals surface area contributed by atoms with Crippen LogP contribution in [-0.4, -0.2) is 31.1 Å². The summed E-state index contributed by atoms with van der Waals surface area (Å²) in [5, 5.41) is 0. The average Bonchev–Trinajstić information content (AvgIpc) is 2.45. The number of carbonyl (C=O) groups is 2. The number of rotatable bonds is 3. The largest absolute Gasteiger partial charge is 0.496 e. The van der Waals surface area contributed by atoms with Crippen LogP contribution in [0.5, 0.6) is 11.5 Å². The molecule has 1 aromatic rings. The smallest absolute Gasteiger partial charge is 0.350 e. The monoisotopic (exact) mass is 306 g/mol. The normalized spacial score (nSPS) is 20.2. The van der Waals surface area contributed by atoms with E-state index in [4.69, 9.17) is 14.2 Å². The number of hydrogen-bond donors (Lipinski definition) is 0. The van der Waals surface area contributed by atoms with Gasteiger partial charge in [0.15, 0.2) is 5.78 Å². The van der Waals surface area contributed by atoms with E-state index in [0.29, 0.717) is 17.1 Å². The van der Waals surface area contributed by atoms with Gasteiger partial charge < -0.3 is 14.2 Å². The van der Waals surface area contributed by atoms with Crippen molar-refractivity contribution in [3.63, 3.8) is 0 Å². The van der Waals surface area contributed by atoms with E-state index >= 15 is 0 Å². The Morgan fingerprint density at radius 3 is 2.41 bits per heavy atom. The van der Waals surface area contributed by atoms with Crippen LogP contribution in [0.3, 0.4) is 0 Å². The Balaban J connectivity index is 2.61. The highest BCUT2D eigenvalue weighted by Gasteiger charge is 2.46. The first kappa shape index (κ1) is 16.3. The zero-order valence-electron chi connectivity index (χ0n) is 14.0. The summed E-state index contributed by atoms with van der Waals surface area (Å²) in [5.41, 5.74) is 1.68. The molecule has 0 aliphatic carbocycles. The van der Waals surface area contributed by atoms with Crippen LogP contribution in [0, 0.1) is 20.8 Å². The molecule has 2 rings (SSSR count). The molecule has 0 fully saturated rings. The highest BCUT2D eigenvalue weighted by atomic mass is 16.6. The highest BCUT2D eigenvalue weighted by molar-refractivity contribution is 6.05. The molecule has 0 aromatic heterocycles. The number of methoxy groups -OCH3 is 1. The first-order valence-corrected chi connectivity index (χ1v) is 7.34. The fraction of sp³-hybridized carbons (Fsp3) is 0.529. The minimum absolute atomic E-state index is 0.0364. The molecule has 5 nitrogen and oxygen atoms in total. The predicted molar refractivity (Wildman–Crippen MR) is 81.8 cm³/mol. The van der Waals surface area contributed by atoms with E-state index in [2.05, 4.69) is 0 Å². The van der Waals surface area contributed by atoms with Gasteiger partial charge >= 0.3 is 5.97 Å². The molecular formula is C17H22O5. The first-order chi connectivity index (χ1) is 10.3. The molecule has 0 N–H and O–H groups in total. The Morgan fingerprint density at radius 1 is 1.23 bits per heavy atom. The lowest BCUT2D eigenvalue weighted by molar-refractivity contribution is -0.160. The van der Waals surface area contributed by atoms with Gasteiger partial charge in [0.2, 0.25) is 5.60 Å². The second kappa shape index (κ2) is 5.63. The standard InChI is InChI=1S/C17H22O5/c1-7-21-16(19)17(5)8-12(18)13-11(4)14(20-6)9(2)10(3)15(13)22-17/h7-8H2,1-6H3/t17-/m0/s1. The third-order valence-electron chi connectivity index (χ3n) is 4.20. The summed E-state index contributed by atoms with van der Waals surface area (Å²) < 4.78 is 16.4. The topological polar surface area (TPSA) is 61.8 Å². The van der Waals surface area contributed by atoms with E-state index in [1.165, 1.54) is 0 Å². The minimum Gasteiger partial charge on any atom is -0.496 e. The van der Waals surface area contributed by atoms with Crippen LogP contribution >= 0.6 is 0 Å². The average molecular weight is 306 g/mol. The second-order valence-electron chi connectivity index (χ2n) is 5.77. The van der Waals surface area contributed by atoms with E-state index < -0.39 is 11.6 Å². The summed E-state index contributed by atoms with van der Waals surface area (Å²) in [5.74, 6) is 0.505. The maximum Gasteiger partial charge on any atom is 0.350 e. The van der Waals surface area contributed by atoms with Gasteiger partial charge in [-0.05, 0) is 45.7 Å². The number of carbonyl (C=O) groups excluding carboxylic acids is 2. The van der Waals surface area contributed by atoms with Crippen molar-refractivity contribution in [2.24, 2.45) is 0 Å². The number of ether oxygens (including phenoxy) is 3. The van der Waals surface area contributed by atoms with Gasteiger partial charge in [-0.3, -0.25) is 4.79 Å². The number of benzene rings is 1. The molecule has 1 atom stereocenters. The van der Waals surface area contributed by atoms with Crippen LogP contribution in [0.2, 0.25) is 0 Å². The Kier molecular flexibility index (Phi) is 4.18. The second-order valence-corrected chi connectivity index (χ2v) is 5.77. The fourth-order valence-electron chi connectivity index (χ4n) is 2.92. The molecule has 5 heteroatoms. The molecule has 0 saturated carbocycles. The van der Waals surface area contributed by atoms with Crippen LogP contribution in [0.1, 0.15) is 47.3 Å². The summed E-state index contributed by atoms with van der Waals surface area (Å²) in [6.45, 7) is 9.17. The van der Waals surface area contributed by atoms with Crippen molar-refractivity contribution >= 4 is 11.8 Å². The number of ketones is 1. The SMILES string of the molecule is CCOC(=O)[C@]1(C)CC(=O)c2c(C)c(OC)c(C)c(C)c2O1. The van der Waals surface area contributed by atoms with Crippen molar-refractivity contribution in [3.8, 4) is 11.5 Å². The molecule has 1 aliphatic rings. The lowest BCUT2D eigenvalue weighted by Gasteiger charge is -2.35. The maximum atomic E-state index is 12.6. The van der Waals surface area contributed by atoms with Crippen LogP contribution in [0.4, 0.5) is 0 Å². The molecule has 0 radical (unpaired) electrons. The minimum atomic E-state index is -1.28. The summed E-state index contributed by atoms with van der Waals surface area (Å²) in [6, 6.07) is 0. The van der Waals surface area contributed by atoms with E-state index in [-0.39, 0.29) is 18.8 Å². The quantitative estimate of drug-likeness (QED) is 0.804. The van der Waals surface area contributed by atoms with Gasteiger partial charge in [0, 0.05) is 5.56 Å². The van der Waals surface area contributed by atoms with Gasteiger partial charge in [-0.1, -0.05) is 0 Å². The Bertz CT molecular complexity index is 647. The van der Waals surface area contributed by atoms with Crippen molar-refractivity contribution in [2.75, 3.05) is 13.7 Å². The van der Waals surface area contributed by atoms with E-state index in [0.717, 1.165) is 16.7 Å². The summed E-state index contributed by atoms with van der Waals surface area (Å²) in [6.07, 6.45) is -0.0364. The molecule has 1 aliphatic heterocycles. The molecule has 22 heavy (non-hydrogen) atoms. The van der Waals surface area contributed by atoms with Gasteiger partial charge in [-0.25, -0.2) is 4.79 Å². The number of esters is 1. The van der Waals surface area contributed by atoms with Gasteiger partial charge in [0.1, 0.15) is 11.5 Å². The third kappa shape index (κ3) is 2.34. The van der Waals surface area contributed by atoms with Crippen molar-refractivity contribution < 1.29 is 23.8 Å². The molecule has 1 aromatic carbocycles. The fourth-order valence-corrected chi connectivity index (χ4v) is 2.92. The van der Waals surface area contributed by atoms with Crippen molar-refractivity contribution in [1.82, 2.24) is 0 Å². The lowest BCUT2D eigenvalue weighted by Crippen LogP contribution is -2.48. The zero-order chi connectivity index (χ0) is 16.7. The van der Waals surface area contributed by atoms with Crippen molar-refractivity contribution in [1.29, 1.82) is 0 Å². The predicted octanol–water partition coefficient (Wildman–Crippen LogP) is 2.91. The highest BCUT2D eigenvalue weighted by Crippen LogP contribution is 2.43. The first-order valence-electron chi connectivity index (χ1n) is 7.34. The molecule has 120 valence electrons. The van der Waals surface area contributed by atoms with Crippen molar-refractivity contribution in [3.05, 3.63) is 22.3 Å². The zero-order valence-corrected chi connectivity index (χ0v) is 14.0. The van der Waals surface area contributed by atoms with E-state index in [1.807, 2.05) is 20.8 Å². The van der Waals surface area contributed by atoms with Crippen LogP contribution in [0.15, 0.2) is 0 Å². The molecule has 0 spiro atoms. The molecule has 0 saturated heterocycles. The number of hydrogen-bond acceptors (Lipinski definition) is 5. The molecule has 0 unspecified atom stereocenters. The van der Waals surface area contributed by atoms with Gasteiger partial charge in [-0.2, -0.15) is 0 Å². The van der Waals surface area contributed by atoms with Gasteiger partial charge in [0.05, 0.1) is 25.7 Å². The van der Waals surface area contributed by atoms with E-state index in [1.54, 1.807) is 21.0 Å². The Labute approximate surface area is 130 Å². The number of fused-ring (bicyclic) bond motifs is 1. The molecular weight excluding hydrogens is 284 g/mol. The summed E-state index contributed by atoms with van der Waals surface area (Å²) in [7, 11) is 1.58. The van der Waals surface area contributed by atoms with Gasteiger partial charge in [-0.15, -0.1) is 0 Å². The molecule has 0 bridgehead atoms. The molecule has 1 heterocycles. The van der Waals surface area contributed by atoms with Gasteiger partial charge in [0.25, 0.3) is 0 Å². The van der Waals surface area contributed by atoms with Crippen LogP contribution in [0.25, 0.3) is 0 Å². The third-order valence-corrected chi connectivity index (χ3v) is 4.20. The summed E-state index contributed by atoms with van der Waals surface area (Å²) in [4.78, 5) is 24.8. The van der Waals surface area contributed by atoms with Crippen LogP contribution < -0.4 is 9.47 Å². The lowest BCUT2D eigenvalue weighted by atomic mass is 9.86. The van der Waals surface area contributed by atoms with Crippen LogP contribution in [-0.2, 0) is 9.53 Å². The molecule has 0 amide bonds.